The number of hydrogen-bond donors (Lipinski definition) is 1. The molecule has 1 N–H and O–H groups in total. The van der Waals surface area contributed by atoms with Gasteiger partial charge in [-0.25, -0.2) is 0 Å². The highest BCUT2D eigenvalue weighted by molar-refractivity contribution is 6.35. The molecule has 0 saturated heterocycles. The summed E-state index contributed by atoms with van der Waals surface area (Å²) in [5.74, 6) is 0.243. The number of benzene rings is 4. The van der Waals surface area contributed by atoms with Crippen LogP contribution in [0.2, 0.25) is 15.1 Å². The van der Waals surface area contributed by atoms with Gasteiger partial charge >= 0.3 is 0 Å². The normalized spacial score (nSPS) is 11.5. The van der Waals surface area contributed by atoms with Crippen LogP contribution in [-0.4, -0.2) is 29.9 Å². The molecule has 0 aromatic heterocycles. The molecule has 0 aliphatic heterocycles. The molecule has 4 aromatic rings. The van der Waals surface area contributed by atoms with Crippen molar-refractivity contribution in [2.75, 3.05) is 7.11 Å². The van der Waals surface area contributed by atoms with Crippen LogP contribution in [0.5, 0.6) is 5.75 Å². The van der Waals surface area contributed by atoms with Gasteiger partial charge in [0.05, 0.1) is 13.5 Å². The summed E-state index contributed by atoms with van der Waals surface area (Å²) in [4.78, 5) is 29.3. The van der Waals surface area contributed by atoms with E-state index in [0.717, 1.165) is 22.3 Å². The summed E-state index contributed by atoms with van der Waals surface area (Å²) in [6.07, 6.45) is 0.457. The van der Waals surface area contributed by atoms with E-state index >= 15 is 0 Å². The SMILES string of the molecule is COc1ccc(CN(C(=O)Cc2ccc(Cl)cc2)C(Cc2ccccc2)C(=O)NCc2ccc(Cl)cc2Cl)cc1. The Morgan fingerprint density at radius 1 is 0.800 bits per heavy atom. The van der Waals surface area contributed by atoms with Crippen molar-refractivity contribution in [3.05, 3.63) is 134 Å². The highest BCUT2D eigenvalue weighted by atomic mass is 35.5. The van der Waals surface area contributed by atoms with E-state index < -0.39 is 6.04 Å². The third-order valence-electron chi connectivity index (χ3n) is 6.52. The maximum atomic E-state index is 13.9. The van der Waals surface area contributed by atoms with Gasteiger partial charge in [0.15, 0.2) is 0 Å². The summed E-state index contributed by atoms with van der Waals surface area (Å²) in [6, 6.07) is 28.6. The van der Waals surface area contributed by atoms with Crippen molar-refractivity contribution in [2.24, 2.45) is 0 Å². The molecule has 1 unspecified atom stereocenters. The van der Waals surface area contributed by atoms with E-state index in [-0.39, 0.29) is 31.3 Å². The van der Waals surface area contributed by atoms with Crippen LogP contribution < -0.4 is 10.1 Å². The van der Waals surface area contributed by atoms with Crippen molar-refractivity contribution in [1.29, 1.82) is 0 Å². The molecule has 5 nitrogen and oxygen atoms in total. The number of ether oxygens (including phenoxy) is 1. The highest BCUT2D eigenvalue weighted by Gasteiger charge is 2.30. The lowest BCUT2D eigenvalue weighted by atomic mass is 10.0. The van der Waals surface area contributed by atoms with E-state index in [9.17, 15) is 9.59 Å². The first-order chi connectivity index (χ1) is 19.3. The molecule has 0 saturated carbocycles. The number of methoxy groups -OCH3 is 1. The van der Waals surface area contributed by atoms with Crippen LogP contribution in [0.15, 0.2) is 97.1 Å². The molecule has 2 amide bonds. The summed E-state index contributed by atoms with van der Waals surface area (Å²) in [5, 5.41) is 4.56. The minimum atomic E-state index is -0.782. The number of nitrogens with one attached hydrogen (secondary N) is 1. The summed E-state index contributed by atoms with van der Waals surface area (Å²) in [5.41, 5.74) is 3.34. The Kier molecular flexibility index (Phi) is 10.5. The number of carbonyl (C=O) groups excluding carboxylic acids is 2. The molecule has 0 bridgehead atoms. The number of nitrogens with zero attached hydrogens (tertiary/aromatic N) is 1. The molecule has 0 radical (unpaired) electrons. The van der Waals surface area contributed by atoms with Gasteiger partial charge in [0.25, 0.3) is 0 Å². The Balaban J connectivity index is 1.65. The molecular weight excluding hydrogens is 567 g/mol. The first-order valence-corrected chi connectivity index (χ1v) is 13.9. The zero-order valence-electron chi connectivity index (χ0n) is 21.9. The van der Waals surface area contributed by atoms with Crippen LogP contribution in [0, 0.1) is 0 Å². The van der Waals surface area contributed by atoms with E-state index in [0.29, 0.717) is 27.2 Å². The summed E-state index contributed by atoms with van der Waals surface area (Å²) >= 11 is 18.4. The van der Waals surface area contributed by atoms with Crippen LogP contribution >= 0.6 is 34.8 Å². The first-order valence-electron chi connectivity index (χ1n) is 12.7. The smallest absolute Gasteiger partial charge is 0.243 e. The molecular formula is C32H29Cl3N2O3. The van der Waals surface area contributed by atoms with Crippen molar-refractivity contribution >= 4 is 46.6 Å². The fraction of sp³-hybridized carbons (Fsp3) is 0.188. The van der Waals surface area contributed by atoms with Crippen molar-refractivity contribution in [2.45, 2.75) is 32.0 Å². The Bertz CT molecular complexity index is 1430. The monoisotopic (exact) mass is 594 g/mol. The van der Waals surface area contributed by atoms with Gasteiger partial charge in [-0.3, -0.25) is 9.59 Å². The number of carbonyl (C=O) groups is 2. The van der Waals surface area contributed by atoms with Crippen LogP contribution in [0.4, 0.5) is 0 Å². The molecule has 0 aliphatic carbocycles. The lowest BCUT2D eigenvalue weighted by Gasteiger charge is -2.32. The van der Waals surface area contributed by atoms with Gasteiger partial charge in [0.1, 0.15) is 11.8 Å². The van der Waals surface area contributed by atoms with Gasteiger partial charge in [-0.15, -0.1) is 0 Å². The summed E-state index contributed by atoms with van der Waals surface area (Å²) in [6.45, 7) is 0.435. The Morgan fingerprint density at radius 2 is 1.45 bits per heavy atom. The lowest BCUT2D eigenvalue weighted by molar-refractivity contribution is -0.140. The minimum absolute atomic E-state index is 0.120. The second-order valence-electron chi connectivity index (χ2n) is 9.33. The van der Waals surface area contributed by atoms with Crippen LogP contribution in [0.3, 0.4) is 0 Å². The minimum Gasteiger partial charge on any atom is -0.497 e. The van der Waals surface area contributed by atoms with E-state index in [4.69, 9.17) is 39.5 Å². The Hall–Kier alpha value is -3.51. The summed E-state index contributed by atoms with van der Waals surface area (Å²) in [7, 11) is 1.60. The Labute approximate surface area is 249 Å². The predicted molar refractivity (Wildman–Crippen MR) is 161 cm³/mol. The standard InChI is InChI=1S/C32H29Cl3N2O3/c1-40-28-15-9-24(10-16-28)21-37(31(38)18-23-7-12-26(33)13-8-23)30(17-22-5-3-2-4-6-22)32(39)36-20-25-11-14-27(34)19-29(25)35/h2-16,19,30H,17-18,20-21H2,1H3,(H,36,39). The average Bonchev–Trinajstić information content (AvgIpc) is 2.96. The van der Waals surface area contributed by atoms with Crippen molar-refractivity contribution in [1.82, 2.24) is 10.2 Å². The van der Waals surface area contributed by atoms with E-state index in [1.165, 1.54) is 0 Å². The number of rotatable bonds is 11. The fourth-order valence-electron chi connectivity index (χ4n) is 4.33. The quantitative estimate of drug-likeness (QED) is 0.200. The molecule has 0 aliphatic rings. The topological polar surface area (TPSA) is 58.6 Å². The van der Waals surface area contributed by atoms with E-state index in [1.54, 1.807) is 42.3 Å². The van der Waals surface area contributed by atoms with Gasteiger partial charge in [-0.05, 0) is 58.7 Å². The molecule has 40 heavy (non-hydrogen) atoms. The maximum Gasteiger partial charge on any atom is 0.243 e. The van der Waals surface area contributed by atoms with Crippen LogP contribution in [-0.2, 0) is 35.5 Å². The third kappa shape index (κ3) is 8.25. The molecule has 4 rings (SSSR count). The molecule has 8 heteroatoms. The fourth-order valence-corrected chi connectivity index (χ4v) is 4.93. The molecule has 0 spiro atoms. The first kappa shape index (κ1) is 29.5. The number of amides is 2. The second-order valence-corrected chi connectivity index (χ2v) is 10.6. The zero-order chi connectivity index (χ0) is 28.5. The maximum absolute atomic E-state index is 13.9. The molecule has 4 aromatic carbocycles. The predicted octanol–water partition coefficient (Wildman–Crippen LogP) is 7.15. The van der Waals surface area contributed by atoms with Gasteiger partial charge in [0.2, 0.25) is 11.8 Å². The molecule has 0 heterocycles. The number of halogens is 3. The van der Waals surface area contributed by atoms with Crippen molar-refractivity contribution in [3.8, 4) is 5.75 Å². The van der Waals surface area contributed by atoms with Gasteiger partial charge in [-0.2, -0.15) is 0 Å². The second kappa shape index (κ2) is 14.2. The average molecular weight is 596 g/mol. The Morgan fingerprint density at radius 3 is 2.10 bits per heavy atom. The van der Waals surface area contributed by atoms with Crippen molar-refractivity contribution < 1.29 is 14.3 Å². The molecule has 206 valence electrons. The van der Waals surface area contributed by atoms with Crippen molar-refractivity contribution in [3.63, 3.8) is 0 Å². The van der Waals surface area contributed by atoms with Crippen LogP contribution in [0.25, 0.3) is 0 Å². The van der Waals surface area contributed by atoms with Crippen LogP contribution in [0.1, 0.15) is 22.3 Å². The van der Waals surface area contributed by atoms with E-state index in [2.05, 4.69) is 5.32 Å². The largest absolute Gasteiger partial charge is 0.497 e. The summed E-state index contributed by atoms with van der Waals surface area (Å²) < 4.78 is 5.29. The number of hydrogen-bond acceptors (Lipinski definition) is 3. The van der Waals surface area contributed by atoms with Gasteiger partial charge in [-0.1, -0.05) is 95.5 Å². The lowest BCUT2D eigenvalue weighted by Crippen LogP contribution is -2.50. The van der Waals surface area contributed by atoms with E-state index in [1.807, 2.05) is 66.7 Å². The molecule has 0 fully saturated rings. The zero-order valence-corrected chi connectivity index (χ0v) is 24.2. The highest BCUT2D eigenvalue weighted by Crippen LogP contribution is 2.22. The van der Waals surface area contributed by atoms with Gasteiger partial charge < -0.3 is 15.0 Å². The molecule has 1 atom stereocenters. The van der Waals surface area contributed by atoms with Gasteiger partial charge in [0, 0.05) is 34.6 Å². The third-order valence-corrected chi connectivity index (χ3v) is 7.36.